The minimum atomic E-state index is -0.328. The third-order valence-corrected chi connectivity index (χ3v) is 7.17. The Morgan fingerprint density at radius 3 is 2.36 bits per heavy atom. The lowest BCUT2D eigenvalue weighted by Gasteiger charge is -2.14. The molecule has 0 unspecified atom stereocenters. The highest BCUT2D eigenvalue weighted by molar-refractivity contribution is 8.26. The number of amides is 1. The highest BCUT2D eigenvalue weighted by Gasteiger charge is 2.32. The van der Waals surface area contributed by atoms with Crippen molar-refractivity contribution in [1.29, 1.82) is 0 Å². The molecule has 4 rings (SSSR count). The van der Waals surface area contributed by atoms with Crippen molar-refractivity contribution in [2.24, 2.45) is 0 Å². The first-order chi connectivity index (χ1) is 15.8. The van der Waals surface area contributed by atoms with Gasteiger partial charge in [-0.05, 0) is 59.2 Å². The molecule has 168 valence electrons. The molecule has 0 saturated carbocycles. The van der Waals surface area contributed by atoms with Gasteiger partial charge in [0.15, 0.2) is 0 Å². The van der Waals surface area contributed by atoms with Crippen LogP contribution in [0.15, 0.2) is 65.6 Å². The second kappa shape index (κ2) is 10.5. The van der Waals surface area contributed by atoms with Crippen LogP contribution in [0.25, 0.3) is 6.08 Å². The van der Waals surface area contributed by atoms with E-state index in [1.54, 1.807) is 42.5 Å². The molecule has 33 heavy (non-hydrogen) atoms. The van der Waals surface area contributed by atoms with Gasteiger partial charge in [-0.15, -0.1) is 0 Å². The summed E-state index contributed by atoms with van der Waals surface area (Å²) in [6, 6.07) is 16.5. The maximum Gasteiger partial charge on any atom is 0.266 e. The molecule has 0 aromatic heterocycles. The number of halogens is 4. The standard InChI is InChI=1S/C24H15Cl3FNO2S2/c25-18-7-3-16(10-19(18)26)13-31-21-8-4-15(9-20(21)27)11-22-23(30)29(24(32)33-22)12-14-1-5-17(28)6-2-14/h1-11H,12-13H2. The minimum absolute atomic E-state index is 0.203. The largest absolute Gasteiger partial charge is 0.487 e. The fourth-order valence-corrected chi connectivity index (χ4v) is 4.89. The van der Waals surface area contributed by atoms with Gasteiger partial charge in [-0.25, -0.2) is 4.39 Å². The normalized spacial score (nSPS) is 14.9. The number of thioether (sulfide) groups is 1. The molecule has 3 aromatic rings. The number of carbonyl (C=O) groups excluding carboxylic acids is 1. The number of thiocarbonyl (C=S) groups is 1. The fourth-order valence-electron chi connectivity index (χ4n) is 3.07. The van der Waals surface area contributed by atoms with E-state index in [0.717, 1.165) is 16.7 Å². The van der Waals surface area contributed by atoms with Crippen LogP contribution >= 0.6 is 58.8 Å². The number of rotatable bonds is 6. The maximum absolute atomic E-state index is 13.1. The second-order valence-electron chi connectivity index (χ2n) is 7.12. The number of ether oxygens (including phenoxy) is 1. The van der Waals surface area contributed by atoms with E-state index in [4.69, 9.17) is 51.8 Å². The first kappa shape index (κ1) is 24.0. The molecule has 9 heteroatoms. The summed E-state index contributed by atoms with van der Waals surface area (Å²) in [6.45, 7) is 0.558. The molecule has 0 radical (unpaired) electrons. The Balaban J connectivity index is 1.44. The fraction of sp³-hybridized carbons (Fsp3) is 0.0833. The summed E-state index contributed by atoms with van der Waals surface area (Å²) >= 11 is 24.9. The van der Waals surface area contributed by atoms with Crippen LogP contribution in [0.3, 0.4) is 0 Å². The van der Waals surface area contributed by atoms with E-state index in [2.05, 4.69) is 0 Å². The maximum atomic E-state index is 13.1. The lowest BCUT2D eigenvalue weighted by Crippen LogP contribution is -2.27. The molecule has 1 amide bonds. The molecule has 0 bridgehead atoms. The van der Waals surface area contributed by atoms with Crippen LogP contribution in [-0.2, 0) is 17.9 Å². The zero-order chi connectivity index (χ0) is 23.5. The molecule has 0 atom stereocenters. The number of carbonyl (C=O) groups is 1. The molecular formula is C24H15Cl3FNO2S2. The Bertz CT molecular complexity index is 1270. The van der Waals surface area contributed by atoms with Gasteiger partial charge in [0.05, 0.1) is 26.5 Å². The van der Waals surface area contributed by atoms with Crippen molar-refractivity contribution in [2.45, 2.75) is 13.2 Å². The number of benzene rings is 3. The minimum Gasteiger partial charge on any atom is -0.487 e. The summed E-state index contributed by atoms with van der Waals surface area (Å²) in [5.74, 6) is -0.0283. The van der Waals surface area contributed by atoms with Gasteiger partial charge in [-0.1, -0.05) is 83.0 Å². The quantitative estimate of drug-likeness (QED) is 0.237. The van der Waals surface area contributed by atoms with E-state index in [1.807, 2.05) is 12.1 Å². The smallest absolute Gasteiger partial charge is 0.266 e. The molecule has 0 aliphatic carbocycles. The van der Waals surface area contributed by atoms with Gasteiger partial charge in [-0.2, -0.15) is 0 Å². The molecule has 0 spiro atoms. The topological polar surface area (TPSA) is 29.5 Å². The van der Waals surface area contributed by atoms with Crippen molar-refractivity contribution < 1.29 is 13.9 Å². The second-order valence-corrected chi connectivity index (χ2v) is 10.0. The van der Waals surface area contributed by atoms with E-state index < -0.39 is 0 Å². The highest BCUT2D eigenvalue weighted by atomic mass is 35.5. The summed E-state index contributed by atoms with van der Waals surface area (Å²) in [4.78, 5) is 14.8. The lowest BCUT2D eigenvalue weighted by molar-refractivity contribution is -0.122. The number of hydrogen-bond donors (Lipinski definition) is 0. The molecule has 1 fully saturated rings. The lowest BCUT2D eigenvalue weighted by atomic mass is 10.2. The van der Waals surface area contributed by atoms with Crippen molar-refractivity contribution in [3.05, 3.63) is 103 Å². The average Bonchev–Trinajstić information content (AvgIpc) is 3.04. The van der Waals surface area contributed by atoms with Gasteiger partial charge < -0.3 is 4.74 Å². The Labute approximate surface area is 215 Å². The summed E-state index contributed by atoms with van der Waals surface area (Å²) in [5.41, 5.74) is 2.39. The number of nitrogens with zero attached hydrogens (tertiary/aromatic N) is 1. The zero-order valence-corrected chi connectivity index (χ0v) is 20.8. The molecule has 3 nitrogen and oxygen atoms in total. The predicted octanol–water partition coefficient (Wildman–Crippen LogP) is 7.77. The Hall–Kier alpha value is -2.09. The van der Waals surface area contributed by atoms with Crippen molar-refractivity contribution >= 4 is 75.1 Å². The van der Waals surface area contributed by atoms with E-state index in [0.29, 0.717) is 30.0 Å². The molecular weight excluding hydrogens is 524 g/mol. The van der Waals surface area contributed by atoms with Crippen LogP contribution in [-0.4, -0.2) is 15.1 Å². The zero-order valence-electron chi connectivity index (χ0n) is 16.9. The SMILES string of the molecule is O=C1C(=Cc2ccc(OCc3ccc(Cl)c(Cl)c3)c(Cl)c2)SC(=S)N1Cc1ccc(F)cc1. The van der Waals surface area contributed by atoms with Crippen LogP contribution < -0.4 is 4.74 Å². The van der Waals surface area contributed by atoms with Gasteiger partial charge in [0, 0.05) is 0 Å². The van der Waals surface area contributed by atoms with Crippen molar-refractivity contribution in [2.75, 3.05) is 0 Å². The molecule has 1 aliphatic heterocycles. The number of hydrogen-bond acceptors (Lipinski definition) is 4. The van der Waals surface area contributed by atoms with Crippen LogP contribution in [0.5, 0.6) is 5.75 Å². The average molecular weight is 539 g/mol. The summed E-state index contributed by atoms with van der Waals surface area (Å²) in [7, 11) is 0. The molecule has 1 heterocycles. The highest BCUT2D eigenvalue weighted by Crippen LogP contribution is 2.35. The molecule has 0 N–H and O–H groups in total. The van der Waals surface area contributed by atoms with Gasteiger partial charge >= 0.3 is 0 Å². The third kappa shape index (κ3) is 5.89. The Morgan fingerprint density at radius 2 is 1.67 bits per heavy atom. The van der Waals surface area contributed by atoms with Gasteiger partial charge in [-0.3, -0.25) is 9.69 Å². The van der Waals surface area contributed by atoms with Crippen molar-refractivity contribution in [1.82, 2.24) is 4.90 Å². The van der Waals surface area contributed by atoms with E-state index in [1.165, 1.54) is 28.8 Å². The van der Waals surface area contributed by atoms with Crippen molar-refractivity contribution in [3.63, 3.8) is 0 Å². The van der Waals surface area contributed by atoms with Crippen LogP contribution in [0.2, 0.25) is 15.1 Å². The molecule has 1 aliphatic rings. The summed E-state index contributed by atoms with van der Waals surface area (Å²) in [5, 5.41) is 1.34. The van der Waals surface area contributed by atoms with Crippen LogP contribution in [0.1, 0.15) is 16.7 Å². The van der Waals surface area contributed by atoms with Gasteiger partial charge in [0.1, 0.15) is 22.5 Å². The summed E-state index contributed by atoms with van der Waals surface area (Å²) in [6.07, 6.45) is 1.73. The monoisotopic (exact) mass is 537 g/mol. The van der Waals surface area contributed by atoms with Crippen LogP contribution in [0, 0.1) is 5.82 Å². The molecule has 1 saturated heterocycles. The Morgan fingerprint density at radius 1 is 0.939 bits per heavy atom. The van der Waals surface area contributed by atoms with Gasteiger partial charge in [0.25, 0.3) is 5.91 Å². The van der Waals surface area contributed by atoms with E-state index >= 15 is 0 Å². The summed E-state index contributed by atoms with van der Waals surface area (Å²) < 4.78 is 19.4. The van der Waals surface area contributed by atoms with Crippen molar-refractivity contribution in [3.8, 4) is 5.75 Å². The first-order valence-corrected chi connectivity index (χ1v) is 12.0. The molecule has 3 aromatic carbocycles. The first-order valence-electron chi connectivity index (χ1n) is 9.66. The van der Waals surface area contributed by atoms with Gasteiger partial charge in [0.2, 0.25) is 0 Å². The Kier molecular flexibility index (Phi) is 7.62. The van der Waals surface area contributed by atoms with Crippen LogP contribution in [0.4, 0.5) is 4.39 Å². The van der Waals surface area contributed by atoms with E-state index in [9.17, 15) is 9.18 Å². The third-order valence-electron chi connectivity index (χ3n) is 4.76. The predicted molar refractivity (Wildman–Crippen MR) is 137 cm³/mol. The van der Waals surface area contributed by atoms with E-state index in [-0.39, 0.29) is 24.9 Å².